The summed E-state index contributed by atoms with van der Waals surface area (Å²) in [7, 11) is 1.70. The predicted molar refractivity (Wildman–Crippen MR) is 112 cm³/mol. The van der Waals surface area contributed by atoms with E-state index in [0.717, 1.165) is 54.7 Å². The Labute approximate surface area is 165 Å². The first-order valence-corrected chi connectivity index (χ1v) is 9.73. The second-order valence-electron chi connectivity index (χ2n) is 6.88. The van der Waals surface area contributed by atoms with Gasteiger partial charge < -0.3 is 15.0 Å². The molecule has 6 nitrogen and oxygen atoms in total. The number of nitrogens with zero attached hydrogens (tertiary/aromatic N) is 4. The lowest BCUT2D eigenvalue weighted by atomic mass is 10.1. The van der Waals surface area contributed by atoms with Crippen molar-refractivity contribution in [2.75, 3.05) is 37.0 Å². The van der Waals surface area contributed by atoms with Crippen LogP contribution in [0.25, 0.3) is 11.3 Å². The first-order chi connectivity index (χ1) is 13.8. The molecular formula is C22H25N5O. The highest BCUT2D eigenvalue weighted by molar-refractivity contribution is 5.62. The van der Waals surface area contributed by atoms with Crippen LogP contribution in [0.2, 0.25) is 0 Å². The van der Waals surface area contributed by atoms with Crippen LogP contribution in [-0.2, 0) is 6.42 Å². The van der Waals surface area contributed by atoms with E-state index in [1.165, 1.54) is 18.4 Å². The number of anilines is 2. The van der Waals surface area contributed by atoms with Crippen LogP contribution in [0.15, 0.2) is 55.0 Å². The second-order valence-corrected chi connectivity index (χ2v) is 6.88. The van der Waals surface area contributed by atoms with E-state index in [1.807, 2.05) is 30.5 Å². The fourth-order valence-electron chi connectivity index (χ4n) is 3.52. The molecule has 4 rings (SSSR count). The molecule has 0 bridgehead atoms. The van der Waals surface area contributed by atoms with Crippen molar-refractivity contribution in [3.05, 3.63) is 60.6 Å². The fraction of sp³-hybridized carbons (Fsp3) is 0.318. The van der Waals surface area contributed by atoms with Crippen LogP contribution >= 0.6 is 0 Å². The molecule has 1 aliphatic rings. The zero-order valence-electron chi connectivity index (χ0n) is 16.1. The van der Waals surface area contributed by atoms with Crippen LogP contribution in [0.3, 0.4) is 0 Å². The summed E-state index contributed by atoms with van der Waals surface area (Å²) in [5.74, 6) is 2.77. The Morgan fingerprint density at radius 1 is 1.04 bits per heavy atom. The quantitative estimate of drug-likeness (QED) is 0.678. The van der Waals surface area contributed by atoms with E-state index < -0.39 is 0 Å². The highest BCUT2D eigenvalue weighted by Gasteiger charge is 2.13. The molecule has 1 aromatic carbocycles. The molecule has 0 saturated carbocycles. The van der Waals surface area contributed by atoms with Crippen molar-refractivity contribution in [1.29, 1.82) is 0 Å². The standard InChI is InChI=1S/C22H25N5O/c1-28-20-7-3-2-6-17(20)10-11-23-21-14-19(25-16-26-21)18-8-9-22(24-15-18)27-12-4-5-13-27/h2-3,6-9,14-16H,4-5,10-13H2,1H3,(H,23,25,26). The van der Waals surface area contributed by atoms with E-state index >= 15 is 0 Å². The van der Waals surface area contributed by atoms with Crippen LogP contribution in [0.5, 0.6) is 5.75 Å². The molecule has 1 fully saturated rings. The van der Waals surface area contributed by atoms with Crippen LogP contribution in [0.1, 0.15) is 18.4 Å². The van der Waals surface area contributed by atoms with Crippen molar-refractivity contribution < 1.29 is 4.74 Å². The summed E-state index contributed by atoms with van der Waals surface area (Å²) < 4.78 is 5.41. The van der Waals surface area contributed by atoms with Gasteiger partial charge in [0.05, 0.1) is 12.8 Å². The number of methoxy groups -OCH3 is 1. The molecule has 28 heavy (non-hydrogen) atoms. The molecule has 3 heterocycles. The Bertz CT molecular complexity index is 907. The number of hydrogen-bond donors (Lipinski definition) is 1. The molecule has 144 valence electrons. The molecule has 0 amide bonds. The molecule has 0 aliphatic carbocycles. The molecule has 1 saturated heterocycles. The third-order valence-electron chi connectivity index (χ3n) is 5.03. The lowest BCUT2D eigenvalue weighted by Crippen LogP contribution is -2.18. The highest BCUT2D eigenvalue weighted by Crippen LogP contribution is 2.23. The van der Waals surface area contributed by atoms with Crippen molar-refractivity contribution in [3.8, 4) is 17.0 Å². The van der Waals surface area contributed by atoms with Crippen LogP contribution in [-0.4, -0.2) is 41.7 Å². The Morgan fingerprint density at radius 2 is 1.89 bits per heavy atom. The Balaban J connectivity index is 1.40. The molecule has 1 N–H and O–H groups in total. The minimum absolute atomic E-state index is 0.767. The van der Waals surface area contributed by atoms with Gasteiger partial charge in [0.2, 0.25) is 0 Å². The number of hydrogen-bond acceptors (Lipinski definition) is 6. The average molecular weight is 375 g/mol. The van der Waals surface area contributed by atoms with Crippen LogP contribution in [0, 0.1) is 0 Å². The fourth-order valence-corrected chi connectivity index (χ4v) is 3.52. The maximum atomic E-state index is 5.41. The molecule has 1 aliphatic heterocycles. The van der Waals surface area contributed by atoms with E-state index in [4.69, 9.17) is 4.74 Å². The molecule has 0 spiro atoms. The van der Waals surface area contributed by atoms with Crippen LogP contribution in [0.4, 0.5) is 11.6 Å². The van der Waals surface area contributed by atoms with Gasteiger partial charge in [0.15, 0.2) is 0 Å². The van der Waals surface area contributed by atoms with Gasteiger partial charge in [-0.15, -0.1) is 0 Å². The van der Waals surface area contributed by atoms with Gasteiger partial charge in [-0.25, -0.2) is 15.0 Å². The highest BCUT2D eigenvalue weighted by atomic mass is 16.5. The Hall–Kier alpha value is -3.15. The van der Waals surface area contributed by atoms with Gasteiger partial charge in [0.25, 0.3) is 0 Å². The first kappa shape index (κ1) is 18.2. The predicted octanol–water partition coefficient (Wildman–Crippen LogP) is 3.80. The SMILES string of the molecule is COc1ccccc1CCNc1cc(-c2ccc(N3CCCC3)nc2)ncn1. The summed E-state index contributed by atoms with van der Waals surface area (Å²) in [6.45, 7) is 2.96. The third kappa shape index (κ3) is 4.22. The number of ether oxygens (including phenoxy) is 1. The number of para-hydroxylation sites is 1. The average Bonchev–Trinajstić information content (AvgIpc) is 3.29. The van der Waals surface area contributed by atoms with Crippen molar-refractivity contribution in [1.82, 2.24) is 15.0 Å². The van der Waals surface area contributed by atoms with Gasteiger partial charge in [0.1, 0.15) is 23.7 Å². The minimum Gasteiger partial charge on any atom is -0.496 e. The maximum absolute atomic E-state index is 5.41. The Kier molecular flexibility index (Phi) is 5.66. The molecule has 3 aromatic rings. The summed E-state index contributed by atoms with van der Waals surface area (Å²) in [5.41, 5.74) is 3.04. The van der Waals surface area contributed by atoms with Crippen molar-refractivity contribution in [2.45, 2.75) is 19.3 Å². The van der Waals surface area contributed by atoms with E-state index in [9.17, 15) is 0 Å². The maximum Gasteiger partial charge on any atom is 0.129 e. The monoisotopic (exact) mass is 375 g/mol. The first-order valence-electron chi connectivity index (χ1n) is 9.73. The van der Waals surface area contributed by atoms with Crippen LogP contribution < -0.4 is 15.0 Å². The molecule has 2 aromatic heterocycles. The lowest BCUT2D eigenvalue weighted by Gasteiger charge is -2.16. The number of nitrogens with one attached hydrogen (secondary N) is 1. The second kappa shape index (κ2) is 8.69. The number of aromatic nitrogens is 3. The summed E-state index contributed by atoms with van der Waals surface area (Å²) in [4.78, 5) is 15.7. The molecule has 0 radical (unpaired) electrons. The summed E-state index contributed by atoms with van der Waals surface area (Å²) in [6, 6.07) is 14.2. The van der Waals surface area contributed by atoms with E-state index in [-0.39, 0.29) is 0 Å². The Morgan fingerprint density at radius 3 is 2.68 bits per heavy atom. The number of pyridine rings is 1. The van der Waals surface area contributed by atoms with Gasteiger partial charge in [-0.1, -0.05) is 18.2 Å². The van der Waals surface area contributed by atoms with E-state index in [2.05, 4.69) is 43.4 Å². The largest absolute Gasteiger partial charge is 0.496 e. The molecular weight excluding hydrogens is 350 g/mol. The van der Waals surface area contributed by atoms with Gasteiger partial charge in [-0.2, -0.15) is 0 Å². The minimum atomic E-state index is 0.767. The molecule has 0 atom stereocenters. The zero-order valence-corrected chi connectivity index (χ0v) is 16.1. The van der Waals surface area contributed by atoms with Gasteiger partial charge >= 0.3 is 0 Å². The van der Waals surface area contributed by atoms with Crippen molar-refractivity contribution in [3.63, 3.8) is 0 Å². The summed E-state index contributed by atoms with van der Waals surface area (Å²) in [6.07, 6.45) is 6.84. The lowest BCUT2D eigenvalue weighted by molar-refractivity contribution is 0.410. The van der Waals surface area contributed by atoms with Gasteiger partial charge in [0, 0.05) is 37.5 Å². The van der Waals surface area contributed by atoms with Gasteiger partial charge in [-0.05, 0) is 43.0 Å². The number of rotatable bonds is 7. The van der Waals surface area contributed by atoms with Crippen molar-refractivity contribution >= 4 is 11.6 Å². The smallest absolute Gasteiger partial charge is 0.129 e. The normalized spacial score (nSPS) is 13.5. The molecule has 0 unspecified atom stereocenters. The van der Waals surface area contributed by atoms with Crippen molar-refractivity contribution in [2.24, 2.45) is 0 Å². The number of benzene rings is 1. The topological polar surface area (TPSA) is 63.2 Å². The van der Waals surface area contributed by atoms with Gasteiger partial charge in [-0.3, -0.25) is 0 Å². The third-order valence-corrected chi connectivity index (χ3v) is 5.03. The zero-order chi connectivity index (χ0) is 19.2. The molecule has 6 heteroatoms. The van der Waals surface area contributed by atoms with E-state index in [0.29, 0.717) is 0 Å². The van der Waals surface area contributed by atoms with E-state index in [1.54, 1.807) is 13.4 Å². The summed E-state index contributed by atoms with van der Waals surface area (Å²) in [5, 5.41) is 3.38. The summed E-state index contributed by atoms with van der Waals surface area (Å²) >= 11 is 0.